The van der Waals surface area contributed by atoms with Crippen molar-refractivity contribution in [2.24, 2.45) is 0 Å². The molecule has 1 aliphatic rings. The molecule has 0 bridgehead atoms. The molecule has 2 aromatic heterocycles. The molecule has 0 spiro atoms. The fourth-order valence-electron chi connectivity index (χ4n) is 2.57. The Hall–Kier alpha value is -1.95. The topological polar surface area (TPSA) is 88.2 Å². The van der Waals surface area contributed by atoms with Gasteiger partial charge in [-0.3, -0.25) is 4.79 Å². The molecule has 3 rings (SSSR count). The maximum absolute atomic E-state index is 12.8. The third kappa shape index (κ3) is 3.08. The van der Waals surface area contributed by atoms with Crippen LogP contribution >= 0.6 is 0 Å². The number of carbonyl (C=O) groups excluding carboxylic acids is 1. The highest BCUT2D eigenvalue weighted by Gasteiger charge is 2.30. The predicted molar refractivity (Wildman–Crippen MR) is 86.5 cm³/mol. The fourth-order valence-corrected chi connectivity index (χ4v) is 2.57. The van der Waals surface area contributed by atoms with E-state index in [1.165, 1.54) is 0 Å². The number of fused-ring (bicyclic) bond motifs is 1. The van der Waals surface area contributed by atoms with Crippen LogP contribution in [0.5, 0.6) is 0 Å². The lowest BCUT2D eigenvalue weighted by molar-refractivity contribution is 0.0871. The number of hydrogen-bond acceptors (Lipinski definition) is 5. The van der Waals surface area contributed by atoms with Gasteiger partial charge in [0.2, 0.25) is 0 Å². The first-order chi connectivity index (χ1) is 10.8. The van der Waals surface area contributed by atoms with Crippen LogP contribution in [0, 0.1) is 0 Å². The highest BCUT2D eigenvalue weighted by molar-refractivity contribution is 6.06. The SMILES string of the molecule is CC(C)c1noc2nc(C3CC3)cc(C(=O)NC(C)(C)CO)c12. The first-order valence-corrected chi connectivity index (χ1v) is 8.06. The Morgan fingerprint density at radius 1 is 1.48 bits per heavy atom. The van der Waals surface area contributed by atoms with Crippen molar-refractivity contribution in [3.63, 3.8) is 0 Å². The van der Waals surface area contributed by atoms with E-state index in [0.29, 0.717) is 22.6 Å². The van der Waals surface area contributed by atoms with Crippen LogP contribution in [0.3, 0.4) is 0 Å². The smallest absolute Gasteiger partial charge is 0.259 e. The second-order valence-electron chi connectivity index (χ2n) is 7.27. The van der Waals surface area contributed by atoms with E-state index in [9.17, 15) is 9.90 Å². The van der Waals surface area contributed by atoms with Gasteiger partial charge >= 0.3 is 0 Å². The lowest BCUT2D eigenvalue weighted by atomic mass is 10.00. The van der Waals surface area contributed by atoms with E-state index in [-0.39, 0.29) is 18.4 Å². The van der Waals surface area contributed by atoms with Gasteiger partial charge in [-0.15, -0.1) is 0 Å². The average molecular weight is 317 g/mol. The molecule has 2 aromatic rings. The summed E-state index contributed by atoms with van der Waals surface area (Å²) in [5, 5.41) is 17.1. The molecule has 0 unspecified atom stereocenters. The second kappa shape index (κ2) is 5.60. The van der Waals surface area contributed by atoms with E-state index >= 15 is 0 Å². The minimum atomic E-state index is -0.693. The summed E-state index contributed by atoms with van der Waals surface area (Å²) >= 11 is 0. The molecule has 0 atom stereocenters. The van der Waals surface area contributed by atoms with Gasteiger partial charge in [0.1, 0.15) is 0 Å². The summed E-state index contributed by atoms with van der Waals surface area (Å²) in [5.41, 5.74) is 1.88. The predicted octanol–water partition coefficient (Wildman–Crippen LogP) is 2.72. The number of carbonyl (C=O) groups is 1. The summed E-state index contributed by atoms with van der Waals surface area (Å²) in [7, 11) is 0. The average Bonchev–Trinajstić information content (AvgIpc) is 3.24. The molecule has 2 N–H and O–H groups in total. The van der Waals surface area contributed by atoms with Crippen molar-refractivity contribution in [3.05, 3.63) is 23.0 Å². The van der Waals surface area contributed by atoms with Crippen molar-refractivity contribution in [2.75, 3.05) is 6.61 Å². The van der Waals surface area contributed by atoms with Crippen LogP contribution in [-0.4, -0.2) is 33.3 Å². The number of rotatable bonds is 5. The van der Waals surface area contributed by atoms with Gasteiger partial charge in [0.25, 0.3) is 11.6 Å². The zero-order valence-corrected chi connectivity index (χ0v) is 14.0. The molecule has 2 heterocycles. The molecule has 0 saturated heterocycles. The Balaban J connectivity index is 2.11. The van der Waals surface area contributed by atoms with Crippen molar-refractivity contribution in [2.45, 2.75) is 57.9 Å². The van der Waals surface area contributed by atoms with Gasteiger partial charge in [-0.25, -0.2) is 4.98 Å². The summed E-state index contributed by atoms with van der Waals surface area (Å²) in [6, 6.07) is 1.85. The molecular weight excluding hydrogens is 294 g/mol. The van der Waals surface area contributed by atoms with Gasteiger partial charge in [0.05, 0.1) is 28.8 Å². The minimum absolute atomic E-state index is 0.127. The number of aromatic nitrogens is 2. The molecule has 6 nitrogen and oxygen atoms in total. The molecule has 1 aliphatic carbocycles. The Labute approximate surface area is 135 Å². The quantitative estimate of drug-likeness (QED) is 0.885. The Morgan fingerprint density at radius 2 is 2.17 bits per heavy atom. The monoisotopic (exact) mass is 317 g/mol. The number of nitrogens with one attached hydrogen (secondary N) is 1. The van der Waals surface area contributed by atoms with Crippen LogP contribution in [0.4, 0.5) is 0 Å². The van der Waals surface area contributed by atoms with Crippen LogP contribution in [0.1, 0.15) is 74.1 Å². The summed E-state index contributed by atoms with van der Waals surface area (Å²) in [6.45, 7) is 7.43. The number of pyridine rings is 1. The van der Waals surface area contributed by atoms with E-state index in [2.05, 4.69) is 15.5 Å². The third-order valence-corrected chi connectivity index (χ3v) is 4.13. The lowest BCUT2D eigenvalue weighted by Gasteiger charge is -2.23. The van der Waals surface area contributed by atoms with E-state index in [0.717, 1.165) is 24.2 Å². The number of aliphatic hydroxyl groups is 1. The van der Waals surface area contributed by atoms with Crippen molar-refractivity contribution in [1.82, 2.24) is 15.5 Å². The van der Waals surface area contributed by atoms with Gasteiger partial charge < -0.3 is 14.9 Å². The Morgan fingerprint density at radius 3 is 2.74 bits per heavy atom. The summed E-state index contributed by atoms with van der Waals surface area (Å²) in [5.74, 6) is 0.301. The van der Waals surface area contributed by atoms with Crippen molar-refractivity contribution < 1.29 is 14.4 Å². The fraction of sp³-hybridized carbons (Fsp3) is 0.588. The van der Waals surface area contributed by atoms with Crippen LogP contribution in [0.25, 0.3) is 11.1 Å². The zero-order chi connectivity index (χ0) is 16.8. The maximum Gasteiger partial charge on any atom is 0.259 e. The highest BCUT2D eigenvalue weighted by atomic mass is 16.5. The van der Waals surface area contributed by atoms with Crippen LogP contribution in [0.15, 0.2) is 10.6 Å². The second-order valence-corrected chi connectivity index (χ2v) is 7.27. The van der Waals surface area contributed by atoms with Crippen LogP contribution < -0.4 is 5.32 Å². The Bertz CT molecular complexity index is 745. The maximum atomic E-state index is 12.8. The summed E-state index contributed by atoms with van der Waals surface area (Å²) in [6.07, 6.45) is 2.18. The minimum Gasteiger partial charge on any atom is -0.394 e. The number of aliphatic hydroxyl groups excluding tert-OH is 1. The number of amides is 1. The number of hydrogen-bond donors (Lipinski definition) is 2. The molecule has 124 valence electrons. The zero-order valence-electron chi connectivity index (χ0n) is 14.0. The van der Waals surface area contributed by atoms with E-state index < -0.39 is 5.54 Å². The molecule has 0 aliphatic heterocycles. The molecule has 0 radical (unpaired) electrons. The molecule has 1 fully saturated rings. The third-order valence-electron chi connectivity index (χ3n) is 4.13. The summed E-state index contributed by atoms with van der Waals surface area (Å²) in [4.78, 5) is 17.3. The van der Waals surface area contributed by atoms with Crippen molar-refractivity contribution >= 4 is 17.0 Å². The van der Waals surface area contributed by atoms with Gasteiger partial charge in [-0.2, -0.15) is 0 Å². The van der Waals surface area contributed by atoms with Crippen LogP contribution in [-0.2, 0) is 0 Å². The van der Waals surface area contributed by atoms with Crippen molar-refractivity contribution in [3.8, 4) is 0 Å². The lowest BCUT2D eigenvalue weighted by Crippen LogP contribution is -2.46. The van der Waals surface area contributed by atoms with Gasteiger partial charge in [0.15, 0.2) is 0 Å². The largest absolute Gasteiger partial charge is 0.394 e. The molecule has 6 heteroatoms. The molecular formula is C17H23N3O3. The molecule has 1 amide bonds. The first kappa shape index (κ1) is 15.9. The van der Waals surface area contributed by atoms with Gasteiger partial charge in [-0.1, -0.05) is 19.0 Å². The number of nitrogens with zero attached hydrogens (tertiary/aromatic N) is 2. The van der Waals surface area contributed by atoms with E-state index in [1.807, 2.05) is 19.9 Å². The highest BCUT2D eigenvalue weighted by Crippen LogP contribution is 2.41. The van der Waals surface area contributed by atoms with E-state index in [4.69, 9.17) is 4.52 Å². The van der Waals surface area contributed by atoms with Crippen molar-refractivity contribution in [1.29, 1.82) is 0 Å². The van der Waals surface area contributed by atoms with Crippen LogP contribution in [0.2, 0.25) is 0 Å². The van der Waals surface area contributed by atoms with E-state index in [1.54, 1.807) is 13.8 Å². The molecule has 23 heavy (non-hydrogen) atoms. The normalized spacial score (nSPS) is 15.4. The summed E-state index contributed by atoms with van der Waals surface area (Å²) < 4.78 is 5.39. The molecule has 0 aromatic carbocycles. The van der Waals surface area contributed by atoms with Gasteiger partial charge in [0, 0.05) is 11.6 Å². The standard InChI is InChI=1S/C17H23N3O3/c1-9(2)14-13-11(15(22)19-17(3,4)8-21)7-12(10-5-6-10)18-16(13)23-20-14/h7,9-10,21H,5-6,8H2,1-4H3,(H,19,22). The molecule has 1 saturated carbocycles. The van der Waals surface area contributed by atoms with Gasteiger partial charge in [-0.05, 0) is 38.7 Å². The Kier molecular flexibility index (Phi) is 3.88. The first-order valence-electron chi connectivity index (χ1n) is 8.06.